The predicted octanol–water partition coefficient (Wildman–Crippen LogP) is 3.47. The molecular weight excluding hydrogens is 204 g/mol. The van der Waals surface area contributed by atoms with Crippen LogP contribution in [0.3, 0.4) is 0 Å². The van der Waals surface area contributed by atoms with E-state index in [1.54, 1.807) is 11.8 Å². The van der Waals surface area contributed by atoms with Crippen molar-refractivity contribution in [2.75, 3.05) is 6.61 Å². The molecule has 0 spiro atoms. The number of aliphatic hydroxyl groups is 1. The Morgan fingerprint density at radius 2 is 1.60 bits per heavy atom. The first-order chi connectivity index (χ1) is 6.85. The van der Waals surface area contributed by atoms with Crippen LogP contribution in [0.4, 0.5) is 0 Å². The van der Waals surface area contributed by atoms with E-state index in [1.807, 2.05) is 0 Å². The van der Waals surface area contributed by atoms with E-state index < -0.39 is 0 Å². The number of thioether (sulfide) groups is 1. The number of benzene rings is 1. The van der Waals surface area contributed by atoms with Gasteiger partial charge in [0.2, 0.25) is 0 Å². The second-order valence-corrected chi connectivity index (χ2v) is 6.47. The summed E-state index contributed by atoms with van der Waals surface area (Å²) in [6, 6.07) is 4.39. The Kier molecular flexibility index (Phi) is 3.85. The summed E-state index contributed by atoms with van der Waals surface area (Å²) in [7, 11) is 0. The van der Waals surface area contributed by atoms with E-state index in [4.69, 9.17) is 0 Å². The molecule has 0 atom stereocenters. The molecule has 0 aromatic heterocycles. The van der Waals surface area contributed by atoms with Crippen molar-refractivity contribution in [2.45, 2.75) is 44.3 Å². The van der Waals surface area contributed by atoms with Crippen molar-refractivity contribution in [3.05, 3.63) is 28.8 Å². The minimum Gasteiger partial charge on any atom is -0.395 e. The second-order valence-electron chi connectivity index (χ2n) is 4.75. The molecule has 0 bridgehead atoms. The molecule has 0 saturated carbocycles. The summed E-state index contributed by atoms with van der Waals surface area (Å²) in [5, 5.41) is 9.27. The molecule has 0 fully saturated rings. The van der Waals surface area contributed by atoms with Gasteiger partial charge in [0.25, 0.3) is 0 Å². The highest BCUT2D eigenvalue weighted by Crippen LogP contribution is 2.36. The number of aliphatic hydroxyl groups excluding tert-OH is 1. The third-order valence-corrected chi connectivity index (χ3v) is 3.89. The third-order valence-electron chi connectivity index (χ3n) is 2.36. The van der Waals surface area contributed by atoms with Gasteiger partial charge in [0.15, 0.2) is 0 Å². The quantitative estimate of drug-likeness (QED) is 0.793. The Balaban J connectivity index is 3.05. The summed E-state index contributed by atoms with van der Waals surface area (Å²) < 4.78 is -0.106. The van der Waals surface area contributed by atoms with Crippen LogP contribution in [0, 0.1) is 20.8 Å². The highest BCUT2D eigenvalue weighted by molar-refractivity contribution is 8.00. The first-order valence-corrected chi connectivity index (χ1v) is 6.05. The van der Waals surface area contributed by atoms with E-state index in [2.05, 4.69) is 46.8 Å². The van der Waals surface area contributed by atoms with E-state index in [1.165, 1.54) is 21.6 Å². The van der Waals surface area contributed by atoms with Crippen molar-refractivity contribution in [1.29, 1.82) is 0 Å². The zero-order valence-electron chi connectivity index (χ0n) is 10.2. The summed E-state index contributed by atoms with van der Waals surface area (Å²) >= 11 is 1.76. The van der Waals surface area contributed by atoms with Crippen molar-refractivity contribution < 1.29 is 5.11 Å². The highest BCUT2D eigenvalue weighted by atomic mass is 32.2. The van der Waals surface area contributed by atoms with E-state index in [0.717, 1.165) is 0 Å². The van der Waals surface area contributed by atoms with Crippen LogP contribution in [0.25, 0.3) is 0 Å². The van der Waals surface area contributed by atoms with Crippen LogP contribution in [0.2, 0.25) is 0 Å². The normalized spacial score (nSPS) is 11.9. The standard InChI is InChI=1S/C13H20OS/c1-9-6-10(2)12(11(3)7-9)15-13(4,5)8-14/h6-7,14H,8H2,1-5H3. The Hall–Kier alpha value is -0.470. The molecule has 0 unspecified atom stereocenters. The van der Waals surface area contributed by atoms with Crippen LogP contribution in [-0.4, -0.2) is 16.5 Å². The van der Waals surface area contributed by atoms with Gasteiger partial charge in [-0.1, -0.05) is 17.7 Å². The molecule has 0 heterocycles. The largest absolute Gasteiger partial charge is 0.395 e. The topological polar surface area (TPSA) is 20.2 Å². The van der Waals surface area contributed by atoms with Gasteiger partial charge in [0, 0.05) is 9.64 Å². The molecule has 0 radical (unpaired) electrons. The average molecular weight is 224 g/mol. The molecule has 84 valence electrons. The summed E-state index contributed by atoms with van der Waals surface area (Å²) in [5.74, 6) is 0. The molecule has 0 aliphatic rings. The molecule has 0 aliphatic carbocycles. The van der Waals surface area contributed by atoms with E-state index >= 15 is 0 Å². The number of hydrogen-bond donors (Lipinski definition) is 1. The van der Waals surface area contributed by atoms with Gasteiger partial charge in [0.05, 0.1) is 6.61 Å². The zero-order chi connectivity index (χ0) is 11.6. The highest BCUT2D eigenvalue weighted by Gasteiger charge is 2.20. The molecule has 0 amide bonds. The Morgan fingerprint density at radius 1 is 1.13 bits per heavy atom. The van der Waals surface area contributed by atoms with Crippen molar-refractivity contribution in [2.24, 2.45) is 0 Å². The maximum Gasteiger partial charge on any atom is 0.0576 e. The lowest BCUT2D eigenvalue weighted by Crippen LogP contribution is -2.20. The predicted molar refractivity (Wildman–Crippen MR) is 67.7 cm³/mol. The Labute approximate surface area is 96.9 Å². The van der Waals surface area contributed by atoms with Gasteiger partial charge in [-0.3, -0.25) is 0 Å². The molecule has 15 heavy (non-hydrogen) atoms. The molecule has 0 aliphatic heterocycles. The minimum absolute atomic E-state index is 0.106. The van der Waals surface area contributed by atoms with Crippen LogP contribution in [-0.2, 0) is 0 Å². The molecule has 1 aromatic carbocycles. The third kappa shape index (κ3) is 3.25. The summed E-state index contributed by atoms with van der Waals surface area (Å²) in [6.07, 6.45) is 0. The van der Waals surface area contributed by atoms with E-state index in [-0.39, 0.29) is 11.4 Å². The summed E-state index contributed by atoms with van der Waals surface area (Å²) in [5.41, 5.74) is 3.91. The lowest BCUT2D eigenvalue weighted by molar-refractivity contribution is 0.265. The van der Waals surface area contributed by atoms with Crippen LogP contribution in [0.1, 0.15) is 30.5 Å². The zero-order valence-corrected chi connectivity index (χ0v) is 11.0. The lowest BCUT2D eigenvalue weighted by Gasteiger charge is -2.23. The molecule has 1 rings (SSSR count). The summed E-state index contributed by atoms with van der Waals surface area (Å²) in [4.78, 5) is 1.31. The number of aryl methyl sites for hydroxylation is 3. The molecular formula is C13H20OS. The van der Waals surface area contributed by atoms with Gasteiger partial charge < -0.3 is 5.11 Å². The van der Waals surface area contributed by atoms with Gasteiger partial charge in [-0.05, 0) is 45.7 Å². The van der Waals surface area contributed by atoms with Gasteiger partial charge >= 0.3 is 0 Å². The second kappa shape index (κ2) is 4.58. The van der Waals surface area contributed by atoms with Gasteiger partial charge in [0.1, 0.15) is 0 Å². The maximum absolute atomic E-state index is 9.27. The maximum atomic E-state index is 9.27. The first-order valence-electron chi connectivity index (χ1n) is 5.23. The molecule has 2 heteroatoms. The monoisotopic (exact) mass is 224 g/mol. The Morgan fingerprint density at radius 3 is 2.00 bits per heavy atom. The van der Waals surface area contributed by atoms with E-state index in [9.17, 15) is 5.11 Å². The SMILES string of the molecule is Cc1cc(C)c(SC(C)(C)CO)c(C)c1. The fraction of sp³-hybridized carbons (Fsp3) is 0.538. The summed E-state index contributed by atoms with van der Waals surface area (Å²) in [6.45, 7) is 10.7. The van der Waals surface area contributed by atoms with Gasteiger partial charge in [-0.25, -0.2) is 0 Å². The molecule has 1 N–H and O–H groups in total. The van der Waals surface area contributed by atoms with Crippen molar-refractivity contribution >= 4 is 11.8 Å². The molecule has 1 nitrogen and oxygen atoms in total. The lowest BCUT2D eigenvalue weighted by atomic mass is 10.1. The van der Waals surface area contributed by atoms with Gasteiger partial charge in [-0.2, -0.15) is 0 Å². The molecule has 1 aromatic rings. The van der Waals surface area contributed by atoms with Crippen molar-refractivity contribution in [3.8, 4) is 0 Å². The van der Waals surface area contributed by atoms with Crippen molar-refractivity contribution in [3.63, 3.8) is 0 Å². The van der Waals surface area contributed by atoms with E-state index in [0.29, 0.717) is 0 Å². The first kappa shape index (κ1) is 12.6. The van der Waals surface area contributed by atoms with Gasteiger partial charge in [-0.15, -0.1) is 11.8 Å². The number of rotatable bonds is 3. The van der Waals surface area contributed by atoms with Crippen molar-refractivity contribution in [1.82, 2.24) is 0 Å². The Bertz CT molecular complexity index is 333. The fourth-order valence-corrected chi connectivity index (χ4v) is 2.69. The van der Waals surface area contributed by atoms with Crippen LogP contribution >= 0.6 is 11.8 Å². The minimum atomic E-state index is -0.106. The van der Waals surface area contributed by atoms with Crippen LogP contribution in [0.15, 0.2) is 17.0 Å². The number of hydrogen-bond acceptors (Lipinski definition) is 2. The van der Waals surface area contributed by atoms with Crippen LogP contribution < -0.4 is 0 Å². The van der Waals surface area contributed by atoms with Crippen LogP contribution in [0.5, 0.6) is 0 Å². The smallest absolute Gasteiger partial charge is 0.0576 e. The average Bonchev–Trinajstić information content (AvgIpc) is 2.11. The molecule has 0 saturated heterocycles. The fourth-order valence-electron chi connectivity index (χ4n) is 1.64.